The van der Waals surface area contributed by atoms with Crippen LogP contribution >= 0.6 is 0 Å². The molecule has 3 heteroatoms. The van der Waals surface area contributed by atoms with E-state index < -0.39 is 5.60 Å². The second-order valence-corrected chi connectivity index (χ2v) is 4.74. The Morgan fingerprint density at radius 3 is 2.41 bits per heavy atom. The minimum atomic E-state index is -0.899. The Kier molecular flexibility index (Phi) is 4.54. The zero-order valence-corrected chi connectivity index (χ0v) is 11.1. The van der Waals surface area contributed by atoms with Crippen LogP contribution in [-0.2, 0) is 5.60 Å². The Morgan fingerprint density at radius 2 is 1.88 bits per heavy atom. The zero-order valence-electron chi connectivity index (χ0n) is 11.1. The molecule has 1 atom stereocenters. The number of aliphatic hydroxyl groups is 2. The maximum atomic E-state index is 10.4. The molecule has 0 bridgehead atoms. The lowest BCUT2D eigenvalue weighted by atomic mass is 9.87. The van der Waals surface area contributed by atoms with Gasteiger partial charge in [-0.2, -0.15) is 0 Å². The van der Waals surface area contributed by atoms with Gasteiger partial charge in [0, 0.05) is 6.61 Å². The van der Waals surface area contributed by atoms with Gasteiger partial charge in [-0.25, -0.2) is 0 Å². The van der Waals surface area contributed by atoms with E-state index in [2.05, 4.69) is 0 Å². The van der Waals surface area contributed by atoms with Gasteiger partial charge in [-0.1, -0.05) is 0 Å². The van der Waals surface area contributed by atoms with Gasteiger partial charge < -0.3 is 14.9 Å². The summed E-state index contributed by atoms with van der Waals surface area (Å²) < 4.78 is 5.25. The summed E-state index contributed by atoms with van der Waals surface area (Å²) >= 11 is 0. The lowest BCUT2D eigenvalue weighted by molar-refractivity contribution is 0.0396. The van der Waals surface area contributed by atoms with E-state index in [1.54, 1.807) is 14.0 Å². The van der Waals surface area contributed by atoms with E-state index in [1.807, 2.05) is 26.0 Å². The van der Waals surface area contributed by atoms with Crippen LogP contribution in [-0.4, -0.2) is 23.9 Å². The predicted molar refractivity (Wildman–Crippen MR) is 68.4 cm³/mol. The van der Waals surface area contributed by atoms with Crippen molar-refractivity contribution in [2.24, 2.45) is 0 Å². The SMILES string of the molecule is COc1cc(C)c(C(C)(O)CCCO)cc1C. The lowest BCUT2D eigenvalue weighted by Crippen LogP contribution is -2.23. The van der Waals surface area contributed by atoms with Crippen LogP contribution in [0, 0.1) is 13.8 Å². The molecule has 0 aliphatic heterocycles. The summed E-state index contributed by atoms with van der Waals surface area (Å²) in [5.41, 5.74) is 2.03. The van der Waals surface area contributed by atoms with Crippen molar-refractivity contribution in [3.63, 3.8) is 0 Å². The van der Waals surface area contributed by atoms with Crippen molar-refractivity contribution >= 4 is 0 Å². The summed E-state index contributed by atoms with van der Waals surface area (Å²) in [6, 6.07) is 3.91. The van der Waals surface area contributed by atoms with Gasteiger partial charge in [0.25, 0.3) is 0 Å². The average Bonchev–Trinajstić information content (AvgIpc) is 2.28. The quantitative estimate of drug-likeness (QED) is 0.827. The molecule has 0 radical (unpaired) electrons. The smallest absolute Gasteiger partial charge is 0.122 e. The average molecular weight is 238 g/mol. The Labute approximate surface area is 103 Å². The summed E-state index contributed by atoms with van der Waals surface area (Å²) in [5, 5.41) is 19.3. The number of rotatable bonds is 5. The summed E-state index contributed by atoms with van der Waals surface area (Å²) in [6.45, 7) is 5.82. The predicted octanol–water partition coefficient (Wildman–Crippen LogP) is 2.29. The van der Waals surface area contributed by atoms with Crippen LogP contribution in [0.3, 0.4) is 0 Å². The Hall–Kier alpha value is -1.06. The summed E-state index contributed by atoms with van der Waals surface area (Å²) in [6.07, 6.45) is 1.15. The molecule has 3 nitrogen and oxygen atoms in total. The van der Waals surface area contributed by atoms with E-state index in [0.717, 1.165) is 22.4 Å². The largest absolute Gasteiger partial charge is 0.496 e. The molecule has 1 rings (SSSR count). The first-order valence-electron chi connectivity index (χ1n) is 5.91. The molecule has 17 heavy (non-hydrogen) atoms. The van der Waals surface area contributed by atoms with Crippen molar-refractivity contribution in [1.82, 2.24) is 0 Å². The molecule has 0 saturated heterocycles. The first-order valence-corrected chi connectivity index (χ1v) is 5.91. The van der Waals surface area contributed by atoms with Crippen LogP contribution in [0.2, 0.25) is 0 Å². The summed E-state index contributed by atoms with van der Waals surface area (Å²) in [5.74, 6) is 0.837. The molecule has 0 fully saturated rings. The molecule has 2 N–H and O–H groups in total. The van der Waals surface area contributed by atoms with Gasteiger partial charge >= 0.3 is 0 Å². The maximum Gasteiger partial charge on any atom is 0.122 e. The standard InChI is InChI=1S/C14H22O3/c1-10-9-13(17-4)11(2)8-12(10)14(3,16)6-5-7-15/h8-9,15-16H,5-7H2,1-4H3. The number of aliphatic hydroxyl groups excluding tert-OH is 1. The van der Waals surface area contributed by atoms with E-state index in [9.17, 15) is 5.11 Å². The highest BCUT2D eigenvalue weighted by Gasteiger charge is 2.25. The topological polar surface area (TPSA) is 49.7 Å². The first-order chi connectivity index (χ1) is 7.92. The molecule has 1 aromatic rings. The monoisotopic (exact) mass is 238 g/mol. The van der Waals surface area contributed by atoms with Crippen LogP contribution < -0.4 is 4.74 Å². The van der Waals surface area contributed by atoms with Gasteiger partial charge in [-0.05, 0) is 62.4 Å². The number of aryl methyl sites for hydroxylation is 2. The van der Waals surface area contributed by atoms with Gasteiger partial charge in [0.05, 0.1) is 12.7 Å². The van der Waals surface area contributed by atoms with Gasteiger partial charge in [-0.15, -0.1) is 0 Å². The normalized spacial score (nSPS) is 14.5. The number of hydrogen-bond donors (Lipinski definition) is 2. The summed E-state index contributed by atoms with van der Waals surface area (Å²) in [7, 11) is 1.64. The Bertz CT molecular complexity index is 383. The van der Waals surface area contributed by atoms with E-state index in [1.165, 1.54) is 0 Å². The van der Waals surface area contributed by atoms with E-state index in [-0.39, 0.29) is 6.61 Å². The minimum absolute atomic E-state index is 0.102. The van der Waals surface area contributed by atoms with E-state index in [4.69, 9.17) is 9.84 Å². The van der Waals surface area contributed by atoms with Crippen LogP contribution in [0.25, 0.3) is 0 Å². The van der Waals surface area contributed by atoms with Gasteiger partial charge in [0.1, 0.15) is 5.75 Å². The molecule has 0 heterocycles. The third-order valence-electron chi connectivity index (χ3n) is 3.14. The van der Waals surface area contributed by atoms with Crippen molar-refractivity contribution in [3.8, 4) is 5.75 Å². The van der Waals surface area contributed by atoms with Crippen molar-refractivity contribution in [1.29, 1.82) is 0 Å². The van der Waals surface area contributed by atoms with Gasteiger partial charge in [-0.3, -0.25) is 0 Å². The molecular weight excluding hydrogens is 216 g/mol. The van der Waals surface area contributed by atoms with Crippen molar-refractivity contribution < 1.29 is 14.9 Å². The molecule has 96 valence electrons. The second kappa shape index (κ2) is 5.52. The first kappa shape index (κ1) is 14.0. The molecule has 0 aliphatic carbocycles. The molecule has 0 aromatic heterocycles. The number of hydrogen-bond acceptors (Lipinski definition) is 3. The molecule has 1 unspecified atom stereocenters. The highest BCUT2D eigenvalue weighted by atomic mass is 16.5. The molecule has 0 saturated carbocycles. The Balaban J connectivity index is 3.09. The van der Waals surface area contributed by atoms with Gasteiger partial charge in [0.2, 0.25) is 0 Å². The van der Waals surface area contributed by atoms with Gasteiger partial charge in [0.15, 0.2) is 0 Å². The third kappa shape index (κ3) is 3.20. The second-order valence-electron chi connectivity index (χ2n) is 4.74. The molecular formula is C14H22O3. The lowest BCUT2D eigenvalue weighted by Gasteiger charge is -2.26. The molecule has 0 amide bonds. The highest BCUT2D eigenvalue weighted by molar-refractivity contribution is 5.43. The van der Waals surface area contributed by atoms with Crippen LogP contribution in [0.5, 0.6) is 5.75 Å². The third-order valence-corrected chi connectivity index (χ3v) is 3.14. The number of ether oxygens (including phenoxy) is 1. The fourth-order valence-electron chi connectivity index (χ4n) is 2.15. The van der Waals surface area contributed by atoms with Crippen LogP contribution in [0.1, 0.15) is 36.5 Å². The number of benzene rings is 1. The fourth-order valence-corrected chi connectivity index (χ4v) is 2.15. The summed E-state index contributed by atoms with van der Waals surface area (Å²) in [4.78, 5) is 0. The fraction of sp³-hybridized carbons (Fsp3) is 0.571. The minimum Gasteiger partial charge on any atom is -0.496 e. The van der Waals surface area contributed by atoms with Crippen LogP contribution in [0.15, 0.2) is 12.1 Å². The van der Waals surface area contributed by atoms with Crippen molar-refractivity contribution in [2.45, 2.75) is 39.2 Å². The highest BCUT2D eigenvalue weighted by Crippen LogP contribution is 2.32. The van der Waals surface area contributed by atoms with Crippen LogP contribution in [0.4, 0.5) is 0 Å². The van der Waals surface area contributed by atoms with E-state index >= 15 is 0 Å². The Morgan fingerprint density at radius 1 is 1.24 bits per heavy atom. The van der Waals surface area contributed by atoms with Crippen molar-refractivity contribution in [2.75, 3.05) is 13.7 Å². The zero-order chi connectivity index (χ0) is 13.1. The molecule has 1 aromatic carbocycles. The van der Waals surface area contributed by atoms with E-state index in [0.29, 0.717) is 12.8 Å². The number of methoxy groups -OCH3 is 1. The van der Waals surface area contributed by atoms with Crippen molar-refractivity contribution in [3.05, 3.63) is 28.8 Å². The molecule has 0 spiro atoms. The maximum absolute atomic E-state index is 10.4. The molecule has 0 aliphatic rings.